The summed E-state index contributed by atoms with van der Waals surface area (Å²) in [5, 5.41) is 3.36. The molecule has 0 fully saturated rings. The second-order valence-electron chi connectivity index (χ2n) is 7.68. The second kappa shape index (κ2) is 8.96. The van der Waals surface area contributed by atoms with Crippen molar-refractivity contribution < 1.29 is 14.3 Å². The number of aromatic nitrogens is 2. The predicted molar refractivity (Wildman–Crippen MR) is 126 cm³/mol. The summed E-state index contributed by atoms with van der Waals surface area (Å²) >= 11 is 6.17. The van der Waals surface area contributed by atoms with Crippen LogP contribution in [-0.2, 0) is 17.8 Å². The van der Waals surface area contributed by atoms with Crippen molar-refractivity contribution in [3.63, 3.8) is 0 Å². The van der Waals surface area contributed by atoms with Gasteiger partial charge in [0.25, 0.3) is 5.56 Å². The van der Waals surface area contributed by atoms with Gasteiger partial charge in [-0.2, -0.15) is 0 Å². The van der Waals surface area contributed by atoms with Gasteiger partial charge in [0.05, 0.1) is 17.6 Å². The van der Waals surface area contributed by atoms with E-state index in [-0.39, 0.29) is 31.1 Å². The summed E-state index contributed by atoms with van der Waals surface area (Å²) in [6.45, 7) is 0.566. The Morgan fingerprint density at radius 3 is 2.70 bits per heavy atom. The number of nitrogens with zero attached hydrogens (tertiary/aromatic N) is 2. The zero-order valence-electron chi connectivity index (χ0n) is 17.6. The molecule has 0 atom stereocenters. The minimum absolute atomic E-state index is 0.105. The minimum atomic E-state index is -0.226. The van der Waals surface area contributed by atoms with E-state index in [1.54, 1.807) is 41.0 Å². The van der Waals surface area contributed by atoms with Gasteiger partial charge in [-0.3, -0.25) is 9.59 Å². The van der Waals surface area contributed by atoms with Crippen molar-refractivity contribution in [3.8, 4) is 11.5 Å². The highest BCUT2D eigenvalue weighted by atomic mass is 35.5. The Morgan fingerprint density at radius 1 is 1.03 bits per heavy atom. The molecule has 8 heteroatoms. The lowest BCUT2D eigenvalue weighted by Gasteiger charge is -2.13. The number of hydrogen-bond donors (Lipinski definition) is 1. The first-order valence-electron chi connectivity index (χ1n) is 10.5. The largest absolute Gasteiger partial charge is 0.454 e. The van der Waals surface area contributed by atoms with Crippen molar-refractivity contribution in [2.75, 3.05) is 12.1 Å². The predicted octanol–water partition coefficient (Wildman–Crippen LogP) is 4.40. The molecule has 0 unspecified atom stereocenters. The van der Waals surface area contributed by atoms with Gasteiger partial charge < -0.3 is 19.4 Å². The number of aryl methyl sites for hydroxylation is 1. The van der Waals surface area contributed by atoms with Crippen LogP contribution in [0.1, 0.15) is 17.7 Å². The van der Waals surface area contributed by atoms with Gasteiger partial charge >= 0.3 is 0 Å². The highest BCUT2D eigenvalue weighted by Gasteiger charge is 2.16. The maximum Gasteiger partial charge on any atom is 0.273 e. The van der Waals surface area contributed by atoms with Crippen LogP contribution in [0.15, 0.2) is 71.5 Å². The quantitative estimate of drug-likeness (QED) is 0.460. The highest BCUT2D eigenvalue weighted by Crippen LogP contribution is 2.34. The molecule has 1 amide bonds. The Morgan fingerprint density at radius 2 is 1.85 bits per heavy atom. The number of hydrogen-bond acceptors (Lipinski definition) is 5. The molecule has 2 heterocycles. The van der Waals surface area contributed by atoms with E-state index in [0.29, 0.717) is 45.5 Å². The molecule has 1 aliphatic rings. The van der Waals surface area contributed by atoms with Crippen LogP contribution in [0.3, 0.4) is 0 Å². The summed E-state index contributed by atoms with van der Waals surface area (Å²) in [5.41, 5.74) is 3.01. The first-order chi connectivity index (χ1) is 16.1. The molecule has 1 aliphatic heterocycles. The van der Waals surface area contributed by atoms with Crippen LogP contribution >= 0.6 is 11.6 Å². The lowest BCUT2D eigenvalue weighted by molar-refractivity contribution is -0.116. The lowest BCUT2D eigenvalue weighted by atomic mass is 10.1. The summed E-state index contributed by atoms with van der Waals surface area (Å²) < 4.78 is 12.3. The van der Waals surface area contributed by atoms with Gasteiger partial charge in [0.1, 0.15) is 5.69 Å². The van der Waals surface area contributed by atoms with Crippen molar-refractivity contribution in [2.24, 2.45) is 0 Å². The molecule has 0 aliphatic carbocycles. The monoisotopic (exact) mass is 461 g/mol. The van der Waals surface area contributed by atoms with Crippen LogP contribution in [0.25, 0.3) is 11.0 Å². The van der Waals surface area contributed by atoms with Gasteiger partial charge in [-0.15, -0.1) is 0 Å². The molecule has 3 aromatic carbocycles. The number of carbonyl (C=O) groups excluding carboxylic acids is 1. The minimum Gasteiger partial charge on any atom is -0.454 e. The van der Waals surface area contributed by atoms with E-state index in [0.717, 1.165) is 5.56 Å². The van der Waals surface area contributed by atoms with Gasteiger partial charge in [0.15, 0.2) is 11.5 Å². The third kappa shape index (κ3) is 4.54. The number of anilines is 1. The van der Waals surface area contributed by atoms with Crippen molar-refractivity contribution in [1.82, 2.24) is 9.55 Å². The fourth-order valence-electron chi connectivity index (χ4n) is 3.79. The molecule has 166 valence electrons. The Kier molecular flexibility index (Phi) is 5.71. The molecule has 1 N–H and O–H groups in total. The van der Waals surface area contributed by atoms with Crippen molar-refractivity contribution in [1.29, 1.82) is 0 Å². The van der Waals surface area contributed by atoms with Gasteiger partial charge in [0.2, 0.25) is 12.7 Å². The summed E-state index contributed by atoms with van der Waals surface area (Å²) in [6, 6.07) is 20.2. The first-order valence-corrected chi connectivity index (χ1v) is 10.9. The van der Waals surface area contributed by atoms with Crippen LogP contribution in [0.5, 0.6) is 11.5 Å². The van der Waals surface area contributed by atoms with E-state index in [1.807, 2.05) is 30.3 Å². The molecule has 5 rings (SSSR count). The summed E-state index contributed by atoms with van der Waals surface area (Å²) in [5.74, 6) is 1.01. The number of ether oxygens (including phenoxy) is 2. The van der Waals surface area contributed by atoms with E-state index < -0.39 is 0 Å². The van der Waals surface area contributed by atoms with Crippen molar-refractivity contribution >= 4 is 34.2 Å². The highest BCUT2D eigenvalue weighted by molar-refractivity contribution is 6.31. The molecule has 0 bridgehead atoms. The SMILES string of the molecule is O=C(CCc1nc2cc(Cl)ccc2n(Cc2ccccc2)c1=O)Nc1ccc2c(c1)OCO2. The second-order valence-corrected chi connectivity index (χ2v) is 8.12. The van der Waals surface area contributed by atoms with Gasteiger partial charge in [0, 0.05) is 29.6 Å². The number of halogens is 1. The first kappa shape index (κ1) is 21.0. The average Bonchev–Trinajstić information content (AvgIpc) is 3.28. The number of carbonyl (C=O) groups is 1. The molecule has 0 saturated carbocycles. The molecule has 0 radical (unpaired) electrons. The fourth-order valence-corrected chi connectivity index (χ4v) is 3.95. The standard InChI is InChI=1S/C25H20ClN3O4/c26-17-6-9-21-20(12-17)28-19(25(31)29(21)14-16-4-2-1-3-5-16)8-11-24(30)27-18-7-10-22-23(13-18)33-15-32-22/h1-7,9-10,12-13H,8,11,14-15H2,(H,27,30). The van der Waals surface area contributed by atoms with E-state index >= 15 is 0 Å². The third-order valence-electron chi connectivity index (χ3n) is 5.40. The number of fused-ring (bicyclic) bond motifs is 2. The average molecular weight is 462 g/mol. The van der Waals surface area contributed by atoms with Crippen LogP contribution in [0.2, 0.25) is 5.02 Å². The third-order valence-corrected chi connectivity index (χ3v) is 5.64. The summed E-state index contributed by atoms with van der Waals surface area (Å²) in [7, 11) is 0. The normalized spacial score (nSPS) is 12.2. The van der Waals surface area contributed by atoms with Gasteiger partial charge in [-0.05, 0) is 35.9 Å². The number of amides is 1. The van der Waals surface area contributed by atoms with Gasteiger partial charge in [-0.1, -0.05) is 41.9 Å². The van der Waals surface area contributed by atoms with Crippen molar-refractivity contribution in [2.45, 2.75) is 19.4 Å². The van der Waals surface area contributed by atoms with E-state index in [4.69, 9.17) is 21.1 Å². The molecule has 4 aromatic rings. The summed E-state index contributed by atoms with van der Waals surface area (Å²) in [6.07, 6.45) is 0.306. The Balaban J connectivity index is 1.38. The maximum atomic E-state index is 13.3. The zero-order valence-corrected chi connectivity index (χ0v) is 18.3. The number of rotatable bonds is 6. The molecule has 33 heavy (non-hydrogen) atoms. The van der Waals surface area contributed by atoms with Crippen LogP contribution in [-0.4, -0.2) is 22.3 Å². The van der Waals surface area contributed by atoms with Crippen LogP contribution in [0.4, 0.5) is 5.69 Å². The van der Waals surface area contributed by atoms with Crippen LogP contribution in [0, 0.1) is 0 Å². The van der Waals surface area contributed by atoms with Crippen molar-refractivity contribution in [3.05, 3.63) is 93.4 Å². The molecule has 0 saturated heterocycles. The topological polar surface area (TPSA) is 82.5 Å². The maximum absolute atomic E-state index is 13.3. The smallest absolute Gasteiger partial charge is 0.273 e. The fraction of sp³-hybridized carbons (Fsp3) is 0.160. The zero-order chi connectivity index (χ0) is 22.8. The number of benzene rings is 3. The Labute approximate surface area is 194 Å². The molecular weight excluding hydrogens is 442 g/mol. The number of nitrogens with one attached hydrogen (secondary N) is 1. The molecule has 0 spiro atoms. The Bertz CT molecular complexity index is 1400. The van der Waals surface area contributed by atoms with Crippen LogP contribution < -0.4 is 20.3 Å². The summed E-state index contributed by atoms with van der Waals surface area (Å²) in [4.78, 5) is 30.4. The van der Waals surface area contributed by atoms with E-state index in [9.17, 15) is 9.59 Å². The van der Waals surface area contributed by atoms with Gasteiger partial charge in [-0.25, -0.2) is 4.98 Å². The lowest BCUT2D eigenvalue weighted by Crippen LogP contribution is -2.27. The molecule has 1 aromatic heterocycles. The van der Waals surface area contributed by atoms with E-state index in [2.05, 4.69) is 10.3 Å². The molecular formula is C25H20ClN3O4. The Hall–Kier alpha value is -3.84. The molecule has 7 nitrogen and oxygen atoms in total. The van der Waals surface area contributed by atoms with E-state index in [1.165, 1.54) is 0 Å².